The number of ether oxygens (including phenoxy) is 2. The Kier molecular flexibility index (Phi) is 15.6. The van der Waals surface area contributed by atoms with Crippen LogP contribution >= 0.6 is 12.2 Å². The minimum absolute atomic E-state index is 0.00131. The van der Waals surface area contributed by atoms with E-state index in [9.17, 15) is 42.7 Å². The highest BCUT2D eigenvalue weighted by Crippen LogP contribution is 2.40. The number of oxazole rings is 1. The van der Waals surface area contributed by atoms with Gasteiger partial charge in [0.1, 0.15) is 30.0 Å². The maximum atomic E-state index is 14.0. The SMILES string of the molecule is CC(C)(C)[C@H](NC(=O)COCCCCOc1ccc(-c2ccc(N3C(=S)N(c4ccc(C#N)c(C(F)(F)F)c4)C(=O)C3(C)C)cc2)cc1)C(=O)N1C[C@H](O)C[C@H]1C(=O)NCc1ccc(-c2cnco2)cc1. The second kappa shape index (κ2) is 21.5. The normalized spacial score (nSPS) is 17.3. The third-order valence-electron chi connectivity index (χ3n) is 12.3. The van der Waals surface area contributed by atoms with E-state index in [1.807, 2.05) is 81.4 Å². The predicted molar refractivity (Wildman–Crippen MR) is 262 cm³/mol. The molecule has 2 fully saturated rings. The number of nitriles is 1. The van der Waals surface area contributed by atoms with Crippen LogP contribution in [0.25, 0.3) is 22.5 Å². The van der Waals surface area contributed by atoms with Crippen LogP contribution in [0.2, 0.25) is 0 Å². The van der Waals surface area contributed by atoms with Crippen molar-refractivity contribution >= 4 is 52.3 Å². The van der Waals surface area contributed by atoms with Gasteiger partial charge in [0.05, 0.1) is 41.8 Å². The van der Waals surface area contributed by atoms with Gasteiger partial charge >= 0.3 is 6.18 Å². The summed E-state index contributed by atoms with van der Waals surface area (Å²) in [5.41, 5.74) is 0.207. The smallest absolute Gasteiger partial charge is 0.417 e. The summed E-state index contributed by atoms with van der Waals surface area (Å²) < 4.78 is 58.2. The lowest BCUT2D eigenvalue weighted by Gasteiger charge is -2.35. The van der Waals surface area contributed by atoms with Crippen molar-refractivity contribution in [1.82, 2.24) is 20.5 Å². The minimum Gasteiger partial charge on any atom is -0.494 e. The third kappa shape index (κ3) is 11.9. The number of nitrogens with zero attached hydrogens (tertiary/aromatic N) is 5. The molecular weight excluding hydrogens is 940 g/mol. The van der Waals surface area contributed by atoms with E-state index in [-0.39, 0.29) is 43.5 Å². The number of amides is 4. The van der Waals surface area contributed by atoms with Gasteiger partial charge in [0, 0.05) is 37.4 Å². The number of unbranched alkanes of at least 4 members (excludes halogenated alkanes) is 1. The van der Waals surface area contributed by atoms with E-state index in [1.54, 1.807) is 43.1 Å². The summed E-state index contributed by atoms with van der Waals surface area (Å²) in [5.74, 6) is -0.633. The number of hydrogen-bond acceptors (Lipinski definition) is 11. The lowest BCUT2D eigenvalue weighted by atomic mass is 9.85. The number of β-amino-alcohol motifs (C(OH)–C–C–N with tert-alkyl or cyclic N) is 1. The van der Waals surface area contributed by atoms with E-state index in [0.29, 0.717) is 36.6 Å². The van der Waals surface area contributed by atoms with Gasteiger partial charge in [-0.15, -0.1) is 0 Å². The number of likely N-dealkylation sites (tertiary alicyclic amines) is 1. The lowest BCUT2D eigenvalue weighted by Crippen LogP contribution is -2.58. The number of halogens is 3. The summed E-state index contributed by atoms with van der Waals surface area (Å²) in [6, 6.07) is 24.8. The van der Waals surface area contributed by atoms with E-state index in [0.717, 1.165) is 39.3 Å². The number of rotatable bonds is 17. The average Bonchev–Trinajstić information content (AvgIpc) is 4.06. The van der Waals surface area contributed by atoms with Gasteiger partial charge in [0.15, 0.2) is 17.3 Å². The summed E-state index contributed by atoms with van der Waals surface area (Å²) in [7, 11) is 0. The monoisotopic (exact) mass is 993 g/mol. The molecule has 4 aromatic carbocycles. The van der Waals surface area contributed by atoms with Crippen molar-refractivity contribution in [2.45, 2.75) is 90.3 Å². The first-order valence-electron chi connectivity index (χ1n) is 22.9. The fourth-order valence-electron chi connectivity index (χ4n) is 8.44. The number of aliphatic hydroxyl groups is 1. The van der Waals surface area contributed by atoms with Crippen molar-refractivity contribution in [1.29, 1.82) is 5.26 Å². The molecule has 2 aliphatic heterocycles. The zero-order valence-corrected chi connectivity index (χ0v) is 40.6. The van der Waals surface area contributed by atoms with Crippen LogP contribution < -0.4 is 25.2 Å². The van der Waals surface area contributed by atoms with E-state index in [4.69, 9.17) is 26.1 Å². The lowest BCUT2D eigenvalue weighted by molar-refractivity contribution is -0.144. The Balaban J connectivity index is 0.841. The quantitative estimate of drug-likeness (QED) is 0.0607. The number of alkyl halides is 3. The molecule has 2 aliphatic rings. The zero-order chi connectivity index (χ0) is 51.3. The van der Waals surface area contributed by atoms with E-state index in [2.05, 4.69) is 15.6 Å². The van der Waals surface area contributed by atoms with Gasteiger partial charge in [0.2, 0.25) is 17.7 Å². The zero-order valence-electron chi connectivity index (χ0n) is 39.8. The number of benzene rings is 4. The Bertz CT molecular complexity index is 2770. The highest BCUT2D eigenvalue weighted by Gasteiger charge is 2.51. The standard InChI is InChI=1S/C52H54F3N7O8S/c1-50(2,3)45(47(66)60-29-39(63)25-42(60)46(65)58-27-32-8-10-35(11-9-32)43-28-57-31-70-43)59-44(64)30-68-22-6-7-23-69-40-20-15-34(16-21-40)33-12-17-37(18-13-33)62-49(71)61(48(67)51(62,4)5)38-19-14-36(26-56)41(24-38)52(53,54)55/h8-21,24,28,31,39,42,45,63H,6-7,22-23,25,27,29-30H2,1-5H3,(H,58,65)(H,59,64)/t39-,42+,45-/m1/s1. The van der Waals surface area contributed by atoms with Gasteiger partial charge in [-0.05, 0) is 103 Å². The van der Waals surface area contributed by atoms with Crippen molar-refractivity contribution < 1.29 is 51.3 Å². The van der Waals surface area contributed by atoms with Gasteiger partial charge in [-0.25, -0.2) is 4.98 Å². The number of aromatic nitrogens is 1. The van der Waals surface area contributed by atoms with Crippen LogP contribution in [0, 0.1) is 16.7 Å². The van der Waals surface area contributed by atoms with Crippen molar-refractivity contribution in [2.75, 3.05) is 36.2 Å². The number of aliphatic hydroxyl groups excluding tert-OH is 1. The Morgan fingerprint density at radius 1 is 0.944 bits per heavy atom. The second-order valence-electron chi connectivity index (χ2n) is 18.9. The Morgan fingerprint density at radius 3 is 2.20 bits per heavy atom. The molecule has 71 heavy (non-hydrogen) atoms. The molecule has 4 amide bonds. The summed E-state index contributed by atoms with van der Waals surface area (Å²) >= 11 is 5.67. The molecule has 19 heteroatoms. The number of hydrogen-bond donors (Lipinski definition) is 3. The molecule has 5 aromatic rings. The maximum absolute atomic E-state index is 14.0. The van der Waals surface area contributed by atoms with Gasteiger partial charge < -0.3 is 39.4 Å². The largest absolute Gasteiger partial charge is 0.494 e. The summed E-state index contributed by atoms with van der Waals surface area (Å²) in [5, 5.41) is 25.4. The van der Waals surface area contributed by atoms with Crippen LogP contribution in [0.5, 0.6) is 5.75 Å². The van der Waals surface area contributed by atoms with E-state index >= 15 is 0 Å². The first kappa shape index (κ1) is 51.7. The number of carbonyl (C=O) groups is 4. The molecule has 0 bridgehead atoms. The number of nitrogens with one attached hydrogen (secondary N) is 2. The molecule has 1 aromatic heterocycles. The molecule has 3 heterocycles. The van der Waals surface area contributed by atoms with Gasteiger partial charge in [-0.1, -0.05) is 69.3 Å². The van der Waals surface area contributed by atoms with Gasteiger partial charge in [-0.3, -0.25) is 24.1 Å². The fraction of sp³-hybridized carbons (Fsp3) is 0.365. The maximum Gasteiger partial charge on any atom is 0.417 e. The third-order valence-corrected chi connectivity index (χ3v) is 12.6. The van der Waals surface area contributed by atoms with Crippen LogP contribution in [0.1, 0.15) is 70.6 Å². The molecular formula is C52H54F3N7O8S. The van der Waals surface area contributed by atoms with E-state index < -0.39 is 70.1 Å². The molecule has 0 saturated carbocycles. The topological polar surface area (TPSA) is 191 Å². The van der Waals surface area contributed by atoms with Crippen LogP contribution in [0.15, 0.2) is 108 Å². The number of carbonyl (C=O) groups excluding carboxylic acids is 4. The molecule has 15 nitrogen and oxygen atoms in total. The molecule has 7 rings (SSSR count). The second-order valence-corrected chi connectivity index (χ2v) is 19.2. The van der Waals surface area contributed by atoms with Crippen molar-refractivity contribution in [3.05, 3.63) is 120 Å². The number of thiocarbonyl (C=S) groups is 1. The number of anilines is 2. The molecule has 3 atom stereocenters. The molecule has 0 radical (unpaired) electrons. The average molecular weight is 994 g/mol. The molecule has 0 unspecified atom stereocenters. The van der Waals surface area contributed by atoms with Crippen LogP contribution in [0.3, 0.4) is 0 Å². The fourth-order valence-corrected chi connectivity index (χ4v) is 8.96. The first-order valence-corrected chi connectivity index (χ1v) is 23.3. The molecule has 3 N–H and O–H groups in total. The Labute approximate surface area is 414 Å². The molecule has 0 spiro atoms. The Hall–Kier alpha value is -7.14. The molecule has 2 saturated heterocycles. The van der Waals surface area contributed by atoms with Gasteiger partial charge in [-0.2, -0.15) is 18.4 Å². The summed E-state index contributed by atoms with van der Waals surface area (Å²) in [4.78, 5) is 62.0. The predicted octanol–water partition coefficient (Wildman–Crippen LogP) is 7.80. The summed E-state index contributed by atoms with van der Waals surface area (Å²) in [6.45, 7) is 9.23. The van der Waals surface area contributed by atoms with Crippen molar-refractivity contribution in [2.24, 2.45) is 5.41 Å². The highest BCUT2D eigenvalue weighted by molar-refractivity contribution is 7.81. The summed E-state index contributed by atoms with van der Waals surface area (Å²) in [6.07, 6.45) is -1.46. The first-order chi connectivity index (χ1) is 33.7. The van der Waals surface area contributed by atoms with Crippen molar-refractivity contribution in [3.8, 4) is 34.3 Å². The van der Waals surface area contributed by atoms with Crippen LogP contribution in [-0.4, -0.2) is 93.8 Å². The highest BCUT2D eigenvalue weighted by atomic mass is 32.1. The van der Waals surface area contributed by atoms with E-state index in [1.165, 1.54) is 17.4 Å². The van der Waals surface area contributed by atoms with Crippen LogP contribution in [0.4, 0.5) is 24.5 Å². The van der Waals surface area contributed by atoms with Crippen molar-refractivity contribution in [3.63, 3.8) is 0 Å². The minimum atomic E-state index is -4.81. The molecule has 372 valence electrons. The van der Waals surface area contributed by atoms with Crippen LogP contribution in [-0.2, 0) is 36.6 Å². The molecule has 0 aliphatic carbocycles. The van der Waals surface area contributed by atoms with Gasteiger partial charge in [0.25, 0.3) is 5.91 Å². The Morgan fingerprint density at radius 2 is 1.58 bits per heavy atom.